The first-order chi connectivity index (χ1) is 14.2. The van der Waals surface area contributed by atoms with Gasteiger partial charge in [0.1, 0.15) is 36.1 Å². The third-order valence-corrected chi connectivity index (χ3v) is 5.20. The quantitative estimate of drug-likeness (QED) is 0.656. The highest BCUT2D eigenvalue weighted by atomic mass is 16.6. The van der Waals surface area contributed by atoms with Crippen LogP contribution in [0.2, 0.25) is 0 Å². The molecule has 9 heteroatoms. The molecule has 3 aromatic heterocycles. The predicted molar refractivity (Wildman–Crippen MR) is 102 cm³/mol. The topological polar surface area (TPSA) is 91.1 Å². The summed E-state index contributed by atoms with van der Waals surface area (Å²) in [6.45, 7) is 3.66. The molecule has 0 aliphatic carbocycles. The Bertz CT molecular complexity index is 1010. The Kier molecular flexibility index (Phi) is 4.61. The van der Waals surface area contributed by atoms with E-state index in [2.05, 4.69) is 15.1 Å². The lowest BCUT2D eigenvalue weighted by atomic mass is 10.3. The van der Waals surface area contributed by atoms with Crippen molar-refractivity contribution in [3.63, 3.8) is 0 Å². The average Bonchev–Trinajstić information content (AvgIpc) is 3.34. The van der Waals surface area contributed by atoms with E-state index in [1.54, 1.807) is 27.7 Å². The van der Waals surface area contributed by atoms with Crippen molar-refractivity contribution in [1.82, 2.24) is 24.5 Å². The molecular weight excluding hydrogens is 374 g/mol. The molecule has 0 saturated carbocycles. The van der Waals surface area contributed by atoms with Crippen LogP contribution in [0.1, 0.15) is 16.2 Å². The van der Waals surface area contributed by atoms with E-state index in [1.165, 1.54) is 6.33 Å². The SMILES string of the molecule is Cc1ccc(OC2CO[C@H]3CN(C(=O)c4cccc5ncnn45)C[C@@H]3OC2)cn1. The van der Waals surface area contributed by atoms with Gasteiger partial charge in [-0.05, 0) is 31.2 Å². The van der Waals surface area contributed by atoms with Gasteiger partial charge in [-0.1, -0.05) is 6.07 Å². The van der Waals surface area contributed by atoms with E-state index >= 15 is 0 Å². The molecule has 2 aliphatic rings. The molecular formula is C20H21N5O4. The number of likely N-dealkylation sites (tertiary alicyclic amines) is 1. The predicted octanol–water partition coefficient (Wildman–Crippen LogP) is 1.12. The minimum absolute atomic E-state index is 0.111. The molecule has 0 radical (unpaired) electrons. The van der Waals surface area contributed by atoms with E-state index in [0.717, 1.165) is 5.69 Å². The monoisotopic (exact) mass is 395 g/mol. The summed E-state index contributed by atoms with van der Waals surface area (Å²) in [5.41, 5.74) is 2.05. The number of rotatable bonds is 3. The van der Waals surface area contributed by atoms with Crippen molar-refractivity contribution in [2.45, 2.75) is 25.2 Å². The summed E-state index contributed by atoms with van der Waals surface area (Å²) in [5.74, 6) is 0.581. The zero-order chi connectivity index (χ0) is 19.8. The highest BCUT2D eigenvalue weighted by Gasteiger charge is 2.40. The van der Waals surface area contributed by atoms with Crippen LogP contribution in [0.25, 0.3) is 5.65 Å². The van der Waals surface area contributed by atoms with Gasteiger partial charge in [-0.15, -0.1) is 0 Å². The van der Waals surface area contributed by atoms with Crippen LogP contribution in [0, 0.1) is 6.92 Å². The molecule has 2 atom stereocenters. The summed E-state index contributed by atoms with van der Waals surface area (Å²) in [5, 5.41) is 4.15. The molecule has 5 rings (SSSR count). The molecule has 0 spiro atoms. The Morgan fingerprint density at radius 2 is 1.90 bits per heavy atom. The second kappa shape index (κ2) is 7.41. The van der Waals surface area contributed by atoms with Crippen LogP contribution in [0.3, 0.4) is 0 Å². The van der Waals surface area contributed by atoms with Crippen LogP contribution < -0.4 is 4.74 Å². The highest BCUT2D eigenvalue weighted by molar-refractivity contribution is 5.93. The number of carbonyl (C=O) groups is 1. The standard InChI is InChI=1S/C20H21N5O4/c1-13-5-6-14(7-21-13)29-15-10-27-17-8-24(9-18(17)28-11-15)20(26)16-3-2-4-19-22-12-23-25(16)19/h2-7,12,15,17-18H,8-11H2,1H3/t17-,18-/m0/s1. The van der Waals surface area contributed by atoms with E-state index in [0.29, 0.717) is 43.4 Å². The van der Waals surface area contributed by atoms with E-state index < -0.39 is 0 Å². The molecule has 5 heterocycles. The first-order valence-electron chi connectivity index (χ1n) is 9.58. The Morgan fingerprint density at radius 1 is 1.10 bits per heavy atom. The van der Waals surface area contributed by atoms with Crippen molar-refractivity contribution in [3.8, 4) is 5.75 Å². The summed E-state index contributed by atoms with van der Waals surface area (Å²) in [7, 11) is 0. The lowest BCUT2D eigenvalue weighted by Gasteiger charge is -2.19. The Morgan fingerprint density at radius 3 is 2.62 bits per heavy atom. The minimum atomic E-state index is -0.210. The summed E-state index contributed by atoms with van der Waals surface area (Å²) >= 11 is 0. The van der Waals surface area contributed by atoms with Gasteiger partial charge in [0.15, 0.2) is 5.65 Å². The molecule has 2 fully saturated rings. The van der Waals surface area contributed by atoms with Crippen LogP contribution >= 0.6 is 0 Å². The van der Waals surface area contributed by atoms with E-state index in [9.17, 15) is 4.79 Å². The van der Waals surface area contributed by atoms with E-state index in [1.807, 2.05) is 25.1 Å². The molecule has 1 amide bonds. The van der Waals surface area contributed by atoms with Crippen LogP contribution in [0.5, 0.6) is 5.75 Å². The van der Waals surface area contributed by atoms with Crippen molar-refractivity contribution in [1.29, 1.82) is 0 Å². The van der Waals surface area contributed by atoms with Gasteiger partial charge in [-0.25, -0.2) is 9.50 Å². The normalized spacial score (nSPS) is 22.4. The Hall–Kier alpha value is -3.04. The van der Waals surface area contributed by atoms with Crippen molar-refractivity contribution >= 4 is 11.6 Å². The van der Waals surface area contributed by atoms with Crippen molar-refractivity contribution < 1.29 is 19.0 Å². The number of amides is 1. The van der Waals surface area contributed by atoms with Gasteiger partial charge in [0.2, 0.25) is 0 Å². The molecule has 0 bridgehead atoms. The fourth-order valence-corrected chi connectivity index (χ4v) is 3.69. The molecule has 9 nitrogen and oxygen atoms in total. The maximum Gasteiger partial charge on any atom is 0.272 e. The first kappa shape index (κ1) is 18.0. The molecule has 2 aliphatic heterocycles. The Balaban J connectivity index is 1.23. The number of aromatic nitrogens is 4. The number of carbonyl (C=O) groups excluding carboxylic acids is 1. The number of aryl methyl sites for hydroxylation is 1. The fraction of sp³-hybridized carbons (Fsp3) is 0.400. The molecule has 150 valence electrons. The average molecular weight is 395 g/mol. The number of hydrogen-bond donors (Lipinski definition) is 0. The van der Waals surface area contributed by atoms with Gasteiger partial charge in [0.25, 0.3) is 5.91 Å². The van der Waals surface area contributed by atoms with E-state index in [4.69, 9.17) is 14.2 Å². The van der Waals surface area contributed by atoms with Crippen LogP contribution in [0.4, 0.5) is 0 Å². The fourth-order valence-electron chi connectivity index (χ4n) is 3.69. The zero-order valence-corrected chi connectivity index (χ0v) is 16.0. The molecule has 0 N–H and O–H groups in total. The van der Waals surface area contributed by atoms with Gasteiger partial charge in [0, 0.05) is 18.8 Å². The van der Waals surface area contributed by atoms with E-state index in [-0.39, 0.29) is 24.2 Å². The summed E-state index contributed by atoms with van der Waals surface area (Å²) < 4.78 is 19.5. The first-order valence-corrected chi connectivity index (χ1v) is 9.58. The van der Waals surface area contributed by atoms with Gasteiger partial charge >= 0.3 is 0 Å². The highest BCUT2D eigenvalue weighted by Crippen LogP contribution is 2.23. The smallest absolute Gasteiger partial charge is 0.272 e. The number of pyridine rings is 2. The Labute approximate surface area is 167 Å². The maximum atomic E-state index is 13.0. The molecule has 2 saturated heterocycles. The third-order valence-electron chi connectivity index (χ3n) is 5.20. The van der Waals surface area contributed by atoms with Gasteiger partial charge < -0.3 is 19.1 Å². The lowest BCUT2D eigenvalue weighted by molar-refractivity contribution is -0.00461. The largest absolute Gasteiger partial charge is 0.484 e. The van der Waals surface area contributed by atoms with Crippen molar-refractivity contribution in [3.05, 3.63) is 54.2 Å². The second-order valence-corrected chi connectivity index (χ2v) is 7.27. The van der Waals surface area contributed by atoms with Crippen LogP contribution in [0.15, 0.2) is 42.9 Å². The molecule has 0 aromatic carbocycles. The number of hydrogen-bond acceptors (Lipinski definition) is 7. The van der Waals surface area contributed by atoms with Gasteiger partial charge in [-0.3, -0.25) is 9.78 Å². The number of fused-ring (bicyclic) bond motifs is 2. The van der Waals surface area contributed by atoms with Crippen LogP contribution in [-0.2, 0) is 9.47 Å². The third kappa shape index (κ3) is 3.54. The molecule has 3 aromatic rings. The second-order valence-electron chi connectivity index (χ2n) is 7.27. The summed E-state index contributed by atoms with van der Waals surface area (Å²) in [6, 6.07) is 9.16. The van der Waals surface area contributed by atoms with Gasteiger partial charge in [0.05, 0.1) is 19.4 Å². The number of ether oxygens (including phenoxy) is 3. The minimum Gasteiger partial charge on any atom is -0.484 e. The van der Waals surface area contributed by atoms with Crippen LogP contribution in [-0.4, -0.2) is 75.0 Å². The van der Waals surface area contributed by atoms with Crippen molar-refractivity contribution in [2.24, 2.45) is 0 Å². The number of nitrogens with zero attached hydrogens (tertiary/aromatic N) is 5. The maximum absolute atomic E-state index is 13.0. The zero-order valence-electron chi connectivity index (χ0n) is 16.0. The molecule has 0 unspecified atom stereocenters. The summed E-state index contributed by atoms with van der Waals surface area (Å²) in [4.78, 5) is 23.1. The molecule has 29 heavy (non-hydrogen) atoms. The van der Waals surface area contributed by atoms with Crippen molar-refractivity contribution in [2.75, 3.05) is 26.3 Å². The lowest BCUT2D eigenvalue weighted by Crippen LogP contribution is -2.33. The summed E-state index contributed by atoms with van der Waals surface area (Å²) in [6.07, 6.45) is 2.57. The van der Waals surface area contributed by atoms with Gasteiger partial charge in [-0.2, -0.15) is 5.10 Å².